The number of hydrogen-bond acceptors (Lipinski definition) is 8. The Hall–Kier alpha value is -5.03. The van der Waals surface area contributed by atoms with Gasteiger partial charge in [-0.1, -0.05) is 29.4 Å². The molecule has 2 aromatic carbocycles. The second kappa shape index (κ2) is 13.1. The highest BCUT2D eigenvalue weighted by atomic mass is 16.5. The summed E-state index contributed by atoms with van der Waals surface area (Å²) in [5.74, 6) is -1.12. The van der Waals surface area contributed by atoms with E-state index in [1.54, 1.807) is 31.3 Å². The van der Waals surface area contributed by atoms with E-state index >= 15 is 0 Å². The lowest BCUT2D eigenvalue weighted by atomic mass is 10.0. The van der Waals surface area contributed by atoms with Crippen molar-refractivity contribution in [2.24, 2.45) is 0 Å². The SMILES string of the molecule is Cc1cc(C(=O)Nc2cc(-c3cccc(CN(CCC(=O)O)C(=O)c4cccnc4)c3)ccc2N2CCOCC2)no1. The van der Waals surface area contributed by atoms with Crippen LogP contribution in [0.4, 0.5) is 11.4 Å². The van der Waals surface area contributed by atoms with Gasteiger partial charge in [-0.05, 0) is 53.9 Å². The Morgan fingerprint density at radius 2 is 1.83 bits per heavy atom. The largest absolute Gasteiger partial charge is 0.481 e. The van der Waals surface area contributed by atoms with Crippen molar-refractivity contribution in [1.82, 2.24) is 15.0 Å². The number of carbonyl (C=O) groups excluding carboxylic acids is 2. The molecule has 42 heavy (non-hydrogen) atoms. The van der Waals surface area contributed by atoms with Crippen LogP contribution in [-0.2, 0) is 16.1 Å². The molecule has 2 N–H and O–H groups in total. The summed E-state index contributed by atoms with van der Waals surface area (Å²) in [5, 5.41) is 16.1. The number of amides is 2. The van der Waals surface area contributed by atoms with Gasteiger partial charge in [0.1, 0.15) is 5.76 Å². The van der Waals surface area contributed by atoms with Crippen molar-refractivity contribution < 1.29 is 28.8 Å². The number of nitrogens with one attached hydrogen (secondary N) is 1. The zero-order valence-electron chi connectivity index (χ0n) is 23.2. The summed E-state index contributed by atoms with van der Waals surface area (Å²) < 4.78 is 10.6. The van der Waals surface area contributed by atoms with Crippen LogP contribution in [0.2, 0.25) is 0 Å². The maximum Gasteiger partial charge on any atom is 0.305 e. The number of aromatic nitrogens is 2. The molecule has 2 amide bonds. The van der Waals surface area contributed by atoms with Gasteiger partial charge in [0.05, 0.1) is 36.6 Å². The first-order valence-corrected chi connectivity index (χ1v) is 13.6. The van der Waals surface area contributed by atoms with Gasteiger partial charge in [-0.3, -0.25) is 19.4 Å². The smallest absolute Gasteiger partial charge is 0.305 e. The third-order valence-electron chi connectivity index (χ3n) is 6.88. The van der Waals surface area contributed by atoms with Crippen molar-refractivity contribution in [3.63, 3.8) is 0 Å². The Morgan fingerprint density at radius 1 is 1.02 bits per heavy atom. The molecule has 4 aromatic rings. The van der Waals surface area contributed by atoms with Gasteiger partial charge >= 0.3 is 5.97 Å². The Labute approximate surface area is 242 Å². The van der Waals surface area contributed by atoms with E-state index in [1.165, 1.54) is 11.1 Å². The topological polar surface area (TPSA) is 138 Å². The summed E-state index contributed by atoms with van der Waals surface area (Å²) in [4.78, 5) is 45.2. The number of aliphatic carboxylic acids is 1. The Balaban J connectivity index is 1.43. The van der Waals surface area contributed by atoms with Gasteiger partial charge in [-0.25, -0.2) is 0 Å². The second-order valence-electron chi connectivity index (χ2n) is 9.92. The van der Waals surface area contributed by atoms with E-state index in [-0.39, 0.29) is 37.0 Å². The fourth-order valence-electron chi connectivity index (χ4n) is 4.78. The summed E-state index contributed by atoms with van der Waals surface area (Å²) in [5.41, 5.74) is 4.63. The zero-order chi connectivity index (χ0) is 29.5. The zero-order valence-corrected chi connectivity index (χ0v) is 23.2. The van der Waals surface area contributed by atoms with Gasteiger partial charge < -0.3 is 29.5 Å². The number of aryl methyl sites for hydroxylation is 1. The molecule has 0 radical (unpaired) electrons. The summed E-state index contributed by atoms with van der Waals surface area (Å²) in [6, 6.07) is 18.5. The van der Waals surface area contributed by atoms with Crippen LogP contribution in [-0.4, -0.2) is 70.8 Å². The number of ether oxygens (including phenoxy) is 1. The summed E-state index contributed by atoms with van der Waals surface area (Å²) in [6.07, 6.45) is 2.87. The molecule has 0 aliphatic carbocycles. The fourth-order valence-corrected chi connectivity index (χ4v) is 4.78. The molecule has 0 saturated carbocycles. The van der Waals surface area contributed by atoms with Crippen LogP contribution < -0.4 is 10.2 Å². The number of carboxylic acids is 1. The van der Waals surface area contributed by atoms with Gasteiger partial charge in [0, 0.05) is 44.6 Å². The normalized spacial score (nSPS) is 13.0. The predicted octanol–water partition coefficient (Wildman–Crippen LogP) is 4.25. The number of pyridine rings is 1. The minimum Gasteiger partial charge on any atom is -0.481 e. The first-order valence-electron chi connectivity index (χ1n) is 13.6. The van der Waals surface area contributed by atoms with Crippen LogP contribution >= 0.6 is 0 Å². The fraction of sp³-hybridized carbons (Fsp3) is 0.258. The van der Waals surface area contributed by atoms with Crippen molar-refractivity contribution in [2.45, 2.75) is 19.9 Å². The van der Waals surface area contributed by atoms with Crippen LogP contribution in [0.15, 0.2) is 77.6 Å². The van der Waals surface area contributed by atoms with Crippen molar-refractivity contribution >= 4 is 29.2 Å². The average Bonchev–Trinajstić information content (AvgIpc) is 3.46. The van der Waals surface area contributed by atoms with Crippen molar-refractivity contribution in [2.75, 3.05) is 43.1 Å². The Kier molecular flexibility index (Phi) is 8.88. The van der Waals surface area contributed by atoms with Crippen molar-refractivity contribution in [1.29, 1.82) is 0 Å². The molecule has 3 heterocycles. The number of carboxylic acid groups (broad SMARTS) is 1. The van der Waals surface area contributed by atoms with Crippen LogP contribution in [0.1, 0.15) is 38.6 Å². The van der Waals surface area contributed by atoms with Gasteiger partial charge in [0.25, 0.3) is 11.8 Å². The second-order valence-corrected chi connectivity index (χ2v) is 9.92. The number of rotatable bonds is 10. The molecule has 1 aliphatic heterocycles. The molecule has 11 heteroatoms. The number of nitrogens with zero attached hydrogens (tertiary/aromatic N) is 4. The highest BCUT2D eigenvalue weighted by Gasteiger charge is 2.20. The van der Waals surface area contributed by atoms with E-state index < -0.39 is 5.97 Å². The Morgan fingerprint density at radius 3 is 2.55 bits per heavy atom. The molecule has 0 unspecified atom stereocenters. The highest BCUT2D eigenvalue weighted by molar-refractivity contribution is 6.05. The average molecular weight is 570 g/mol. The number of morpholine rings is 1. The van der Waals surface area contributed by atoms with Gasteiger partial charge in [0.2, 0.25) is 0 Å². The van der Waals surface area contributed by atoms with Gasteiger partial charge in [-0.2, -0.15) is 0 Å². The summed E-state index contributed by atoms with van der Waals surface area (Å²) >= 11 is 0. The van der Waals surface area contributed by atoms with E-state index in [9.17, 15) is 19.5 Å². The summed E-state index contributed by atoms with van der Waals surface area (Å²) in [6.45, 7) is 4.57. The maximum atomic E-state index is 13.2. The van der Waals surface area contributed by atoms with E-state index in [1.807, 2.05) is 42.5 Å². The van der Waals surface area contributed by atoms with Gasteiger partial charge in [0.15, 0.2) is 5.69 Å². The minimum atomic E-state index is -0.983. The molecule has 1 aliphatic rings. The predicted molar refractivity (Wildman–Crippen MR) is 155 cm³/mol. The van der Waals surface area contributed by atoms with E-state index in [2.05, 4.69) is 20.4 Å². The van der Waals surface area contributed by atoms with Crippen molar-refractivity contribution in [3.8, 4) is 11.1 Å². The van der Waals surface area contributed by atoms with E-state index in [0.717, 1.165) is 22.4 Å². The minimum absolute atomic E-state index is 0.0548. The first kappa shape index (κ1) is 28.5. The van der Waals surface area contributed by atoms with Crippen molar-refractivity contribution in [3.05, 3.63) is 95.6 Å². The lowest BCUT2D eigenvalue weighted by Crippen LogP contribution is -2.36. The molecule has 1 fully saturated rings. The monoisotopic (exact) mass is 569 g/mol. The molecule has 1 saturated heterocycles. The Bertz CT molecular complexity index is 1570. The number of carbonyl (C=O) groups is 3. The van der Waals surface area contributed by atoms with E-state index in [0.29, 0.717) is 43.3 Å². The van der Waals surface area contributed by atoms with Crippen LogP contribution in [0, 0.1) is 6.92 Å². The molecule has 11 nitrogen and oxygen atoms in total. The van der Waals surface area contributed by atoms with E-state index in [4.69, 9.17) is 9.26 Å². The summed E-state index contributed by atoms with van der Waals surface area (Å²) in [7, 11) is 0. The third-order valence-corrected chi connectivity index (χ3v) is 6.88. The molecule has 0 bridgehead atoms. The lowest BCUT2D eigenvalue weighted by molar-refractivity contribution is -0.137. The first-order chi connectivity index (χ1) is 20.4. The number of anilines is 2. The van der Waals surface area contributed by atoms with Crippen LogP contribution in [0.3, 0.4) is 0 Å². The third kappa shape index (κ3) is 6.99. The maximum absolute atomic E-state index is 13.2. The molecule has 2 aromatic heterocycles. The number of hydrogen-bond donors (Lipinski definition) is 2. The standard InChI is InChI=1S/C31H31N5O6/c1-21-16-27(34-42-21)30(39)33-26-18-24(7-8-28(26)35-12-14-41-15-13-35)23-5-2-4-22(17-23)20-36(11-9-29(37)38)31(40)25-6-3-10-32-19-25/h2-8,10,16-19H,9,11-15,20H2,1H3,(H,33,39)(H,37,38). The van der Waals surface area contributed by atoms with Gasteiger partial charge in [-0.15, -0.1) is 0 Å². The molecular formula is C31H31N5O6. The molecule has 0 spiro atoms. The molecule has 5 rings (SSSR count). The quantitative estimate of drug-likeness (QED) is 0.287. The van der Waals surface area contributed by atoms with Crippen LogP contribution in [0.25, 0.3) is 11.1 Å². The van der Waals surface area contributed by atoms with Crippen LogP contribution in [0.5, 0.6) is 0 Å². The molecular weight excluding hydrogens is 538 g/mol. The highest BCUT2D eigenvalue weighted by Crippen LogP contribution is 2.33. The lowest BCUT2D eigenvalue weighted by Gasteiger charge is -2.30. The number of benzene rings is 2. The molecule has 216 valence electrons. The molecule has 0 atom stereocenters.